The molecule has 3 aromatic carbocycles. The Labute approximate surface area is 211 Å². The van der Waals surface area contributed by atoms with Crippen LogP contribution in [0.2, 0.25) is 0 Å². The molecule has 1 amide bonds. The van der Waals surface area contributed by atoms with Gasteiger partial charge in [0.2, 0.25) is 0 Å². The maximum Gasteiger partial charge on any atom is 0.343 e. The Morgan fingerprint density at radius 3 is 2.22 bits per heavy atom. The first-order chi connectivity index (χ1) is 17.8. The number of hydrogen-bond acceptors (Lipinski definition) is 9. The van der Waals surface area contributed by atoms with Crippen LogP contribution >= 0.6 is 0 Å². The van der Waals surface area contributed by atoms with Crippen LogP contribution in [0.4, 0.5) is 11.4 Å². The largest absolute Gasteiger partial charge is 0.497 e. The number of nitro benzene ring substituents is 1. The molecule has 0 bridgehead atoms. The fourth-order valence-corrected chi connectivity index (χ4v) is 3.15. The molecule has 3 rings (SSSR count). The molecule has 1 N–H and O–H groups in total. The monoisotopic (exact) mass is 503 g/mol. The Hall–Kier alpha value is -5.37. The quantitative estimate of drug-likeness (QED) is 0.112. The number of nitriles is 1. The summed E-state index contributed by atoms with van der Waals surface area (Å²) < 4.78 is 20.9. The van der Waals surface area contributed by atoms with E-state index in [2.05, 4.69) is 5.32 Å². The van der Waals surface area contributed by atoms with Gasteiger partial charge in [-0.05, 0) is 54.1 Å². The zero-order valence-corrected chi connectivity index (χ0v) is 20.0. The lowest BCUT2D eigenvalue weighted by molar-refractivity contribution is -0.384. The zero-order valence-electron chi connectivity index (χ0n) is 20.0. The number of nitrogens with one attached hydrogen (secondary N) is 1. The number of amides is 1. The van der Waals surface area contributed by atoms with Crippen LogP contribution < -0.4 is 24.3 Å². The van der Waals surface area contributed by atoms with Gasteiger partial charge in [-0.15, -0.1) is 0 Å². The molecule has 0 aromatic heterocycles. The van der Waals surface area contributed by atoms with Crippen LogP contribution in [0.15, 0.2) is 66.2 Å². The van der Waals surface area contributed by atoms with Crippen molar-refractivity contribution >= 4 is 29.3 Å². The van der Waals surface area contributed by atoms with E-state index >= 15 is 0 Å². The summed E-state index contributed by atoms with van der Waals surface area (Å²) >= 11 is 0. The third kappa shape index (κ3) is 6.40. The fourth-order valence-electron chi connectivity index (χ4n) is 3.15. The van der Waals surface area contributed by atoms with E-state index in [4.69, 9.17) is 18.9 Å². The number of non-ortho nitro benzene ring substituents is 1. The minimum atomic E-state index is -0.776. The topological polar surface area (TPSA) is 150 Å². The van der Waals surface area contributed by atoms with Gasteiger partial charge in [-0.3, -0.25) is 14.9 Å². The SMILES string of the molecule is COc1ccc(C(=O)Oc2cc(/C=C(\C#N)C(=O)Nc3ccc([N+](=O)[O-])cc3OC)ccc2OC)cc1. The van der Waals surface area contributed by atoms with Crippen LogP contribution in [0.3, 0.4) is 0 Å². The van der Waals surface area contributed by atoms with Crippen LogP contribution in [0, 0.1) is 21.4 Å². The first-order valence-corrected chi connectivity index (χ1v) is 10.6. The Morgan fingerprint density at radius 1 is 0.919 bits per heavy atom. The smallest absolute Gasteiger partial charge is 0.343 e. The summed E-state index contributed by atoms with van der Waals surface area (Å²) in [6, 6.07) is 16.3. The van der Waals surface area contributed by atoms with Gasteiger partial charge in [0, 0.05) is 6.07 Å². The Morgan fingerprint density at radius 2 is 1.62 bits per heavy atom. The number of anilines is 1. The summed E-state index contributed by atoms with van der Waals surface area (Å²) in [6.07, 6.45) is 1.29. The van der Waals surface area contributed by atoms with Gasteiger partial charge in [0.25, 0.3) is 11.6 Å². The van der Waals surface area contributed by atoms with Crippen LogP contribution in [-0.4, -0.2) is 38.1 Å². The number of ether oxygens (including phenoxy) is 4. The van der Waals surface area contributed by atoms with Crippen molar-refractivity contribution in [1.29, 1.82) is 5.26 Å². The van der Waals surface area contributed by atoms with Crippen molar-refractivity contribution < 1.29 is 33.5 Å². The second-order valence-electron chi connectivity index (χ2n) is 7.29. The summed E-state index contributed by atoms with van der Waals surface area (Å²) in [4.78, 5) is 35.7. The van der Waals surface area contributed by atoms with Crippen LogP contribution in [-0.2, 0) is 4.79 Å². The lowest BCUT2D eigenvalue weighted by Gasteiger charge is -2.11. The second-order valence-corrected chi connectivity index (χ2v) is 7.29. The minimum Gasteiger partial charge on any atom is -0.497 e. The molecule has 3 aromatic rings. The van der Waals surface area contributed by atoms with Gasteiger partial charge in [0.1, 0.15) is 23.1 Å². The molecule has 0 saturated heterocycles. The van der Waals surface area contributed by atoms with E-state index in [9.17, 15) is 25.0 Å². The number of benzene rings is 3. The molecule has 0 heterocycles. The van der Waals surface area contributed by atoms with Crippen molar-refractivity contribution in [3.8, 4) is 29.1 Å². The highest BCUT2D eigenvalue weighted by atomic mass is 16.6. The van der Waals surface area contributed by atoms with Gasteiger partial charge in [0.05, 0.1) is 43.6 Å². The molecule has 11 nitrogen and oxygen atoms in total. The molecule has 0 fully saturated rings. The highest BCUT2D eigenvalue weighted by Gasteiger charge is 2.17. The molecular formula is C26H21N3O8. The van der Waals surface area contributed by atoms with Gasteiger partial charge < -0.3 is 24.3 Å². The van der Waals surface area contributed by atoms with Crippen molar-refractivity contribution in [2.45, 2.75) is 0 Å². The predicted octanol–water partition coefficient (Wildman–Crippen LogP) is 4.39. The average Bonchev–Trinajstić information content (AvgIpc) is 2.91. The highest BCUT2D eigenvalue weighted by Crippen LogP contribution is 2.31. The third-order valence-electron chi connectivity index (χ3n) is 5.04. The minimum absolute atomic E-state index is 0.0528. The van der Waals surface area contributed by atoms with Crippen LogP contribution in [0.25, 0.3) is 6.08 Å². The summed E-state index contributed by atoms with van der Waals surface area (Å²) in [5.74, 6) is -0.454. The Balaban J connectivity index is 1.85. The summed E-state index contributed by atoms with van der Waals surface area (Å²) in [6.45, 7) is 0. The number of carbonyl (C=O) groups is 2. The van der Waals surface area contributed by atoms with Gasteiger partial charge >= 0.3 is 5.97 Å². The lowest BCUT2D eigenvalue weighted by atomic mass is 10.1. The van der Waals surface area contributed by atoms with Gasteiger partial charge in [-0.25, -0.2) is 4.79 Å². The predicted molar refractivity (Wildman–Crippen MR) is 133 cm³/mol. The molecule has 0 spiro atoms. The van der Waals surface area contributed by atoms with E-state index in [1.165, 1.54) is 51.7 Å². The van der Waals surface area contributed by atoms with Crippen molar-refractivity contribution in [2.24, 2.45) is 0 Å². The first kappa shape index (κ1) is 26.2. The van der Waals surface area contributed by atoms with E-state index in [1.807, 2.05) is 6.07 Å². The third-order valence-corrected chi connectivity index (χ3v) is 5.04. The lowest BCUT2D eigenvalue weighted by Crippen LogP contribution is -2.14. The standard InChI is InChI=1S/C26H21N3O8/c1-34-20-8-5-17(6-9-20)26(31)37-24-13-16(4-11-22(24)35-2)12-18(15-27)25(30)28-21-10-7-19(29(32)33)14-23(21)36-3/h4-14H,1-3H3,(H,28,30)/b18-12+. The van der Waals surface area contributed by atoms with E-state index in [-0.39, 0.29) is 39.8 Å². The van der Waals surface area contributed by atoms with Gasteiger partial charge in [-0.2, -0.15) is 5.26 Å². The van der Waals surface area contributed by atoms with E-state index < -0.39 is 16.8 Å². The van der Waals surface area contributed by atoms with Gasteiger partial charge in [0.15, 0.2) is 11.5 Å². The fraction of sp³-hybridized carbons (Fsp3) is 0.115. The number of nitro groups is 1. The van der Waals surface area contributed by atoms with Gasteiger partial charge in [-0.1, -0.05) is 6.07 Å². The number of hydrogen-bond donors (Lipinski definition) is 1. The van der Waals surface area contributed by atoms with E-state index in [0.717, 1.165) is 6.07 Å². The number of methoxy groups -OCH3 is 3. The number of nitrogens with zero attached hydrogens (tertiary/aromatic N) is 2. The van der Waals surface area contributed by atoms with Crippen molar-refractivity contribution in [1.82, 2.24) is 0 Å². The maximum atomic E-state index is 12.7. The Bertz CT molecular complexity index is 1410. The van der Waals surface area contributed by atoms with Crippen LogP contribution in [0.5, 0.6) is 23.0 Å². The number of rotatable bonds is 9. The van der Waals surface area contributed by atoms with E-state index in [0.29, 0.717) is 11.3 Å². The maximum absolute atomic E-state index is 12.7. The Kier molecular flexibility index (Phi) is 8.41. The molecule has 37 heavy (non-hydrogen) atoms. The molecular weight excluding hydrogens is 482 g/mol. The molecule has 0 aliphatic heterocycles. The van der Waals surface area contributed by atoms with Crippen molar-refractivity contribution in [2.75, 3.05) is 26.6 Å². The molecule has 11 heteroatoms. The molecule has 0 aliphatic carbocycles. The second kappa shape index (κ2) is 11.9. The normalized spacial score (nSPS) is 10.6. The molecule has 0 unspecified atom stereocenters. The van der Waals surface area contributed by atoms with Crippen LogP contribution in [0.1, 0.15) is 15.9 Å². The van der Waals surface area contributed by atoms with Crippen molar-refractivity contribution in [3.05, 3.63) is 87.5 Å². The molecule has 0 radical (unpaired) electrons. The zero-order chi connectivity index (χ0) is 26.9. The average molecular weight is 503 g/mol. The summed E-state index contributed by atoms with van der Waals surface area (Å²) in [5, 5.41) is 23.0. The molecule has 0 saturated carbocycles. The molecule has 0 atom stereocenters. The summed E-state index contributed by atoms with van der Waals surface area (Å²) in [5.41, 5.74) is 0.292. The summed E-state index contributed by atoms with van der Waals surface area (Å²) in [7, 11) is 4.21. The van der Waals surface area contributed by atoms with Crippen molar-refractivity contribution in [3.63, 3.8) is 0 Å². The molecule has 188 valence electrons. The molecule has 0 aliphatic rings. The number of carbonyl (C=O) groups excluding carboxylic acids is 2. The first-order valence-electron chi connectivity index (χ1n) is 10.6. The number of esters is 1. The highest BCUT2D eigenvalue weighted by molar-refractivity contribution is 6.10. The van der Waals surface area contributed by atoms with E-state index in [1.54, 1.807) is 30.3 Å².